The van der Waals surface area contributed by atoms with Gasteiger partial charge in [0.05, 0.1) is 18.5 Å². The zero-order valence-corrected chi connectivity index (χ0v) is 15.6. The van der Waals surface area contributed by atoms with E-state index in [-0.39, 0.29) is 12.5 Å². The van der Waals surface area contributed by atoms with E-state index in [1.807, 2.05) is 19.1 Å². The fourth-order valence-electron chi connectivity index (χ4n) is 1.97. The van der Waals surface area contributed by atoms with Crippen LogP contribution in [-0.2, 0) is 16.1 Å². The Morgan fingerprint density at radius 2 is 2.12 bits per heavy atom. The van der Waals surface area contributed by atoms with Crippen molar-refractivity contribution in [2.45, 2.75) is 13.5 Å². The molecule has 0 atom stereocenters. The zero-order chi connectivity index (χ0) is 18.2. The minimum atomic E-state index is -0.137. The number of hydrogen-bond acceptors (Lipinski definition) is 4. The van der Waals surface area contributed by atoms with Crippen LogP contribution < -0.4 is 16.0 Å². The van der Waals surface area contributed by atoms with Gasteiger partial charge in [0.25, 0.3) is 0 Å². The van der Waals surface area contributed by atoms with Crippen LogP contribution in [0.2, 0.25) is 5.02 Å². The lowest BCUT2D eigenvalue weighted by atomic mass is 10.2. The first-order valence-electron chi connectivity index (χ1n) is 7.60. The predicted molar refractivity (Wildman–Crippen MR) is 103 cm³/mol. The molecule has 0 aliphatic carbocycles. The first-order valence-corrected chi connectivity index (χ1v) is 8.39. The number of hydrogen-bond donors (Lipinski definition) is 3. The predicted octanol–water partition coefficient (Wildman–Crippen LogP) is 2.42. The van der Waals surface area contributed by atoms with Crippen molar-refractivity contribution in [2.75, 3.05) is 30.9 Å². The Morgan fingerprint density at radius 1 is 1.36 bits per heavy atom. The van der Waals surface area contributed by atoms with Crippen LogP contribution >= 0.6 is 23.8 Å². The van der Waals surface area contributed by atoms with Gasteiger partial charge in [-0.15, -0.1) is 0 Å². The molecule has 1 aromatic carbocycles. The molecule has 9 heteroatoms. The summed E-state index contributed by atoms with van der Waals surface area (Å²) < 4.78 is 6.40. The molecule has 25 heavy (non-hydrogen) atoms. The van der Waals surface area contributed by atoms with Crippen LogP contribution in [-0.4, -0.2) is 41.1 Å². The maximum absolute atomic E-state index is 11.7. The number of aromatic nitrogens is 2. The summed E-state index contributed by atoms with van der Waals surface area (Å²) in [4.78, 5) is 11.7. The van der Waals surface area contributed by atoms with Gasteiger partial charge >= 0.3 is 0 Å². The summed E-state index contributed by atoms with van der Waals surface area (Å²) in [6, 6.07) is 5.61. The SMILES string of the molecule is COCCNC(=O)Cn1cc(NC(=S)Nc2ccc(C)c(Cl)c2)cn1. The molecular weight excluding hydrogens is 362 g/mol. The first kappa shape index (κ1) is 19.2. The van der Waals surface area contributed by atoms with E-state index in [0.29, 0.717) is 29.0 Å². The molecule has 1 aromatic heterocycles. The number of thiocarbonyl (C=S) groups is 1. The number of ether oxygens (including phenoxy) is 1. The van der Waals surface area contributed by atoms with E-state index in [4.69, 9.17) is 28.6 Å². The topological polar surface area (TPSA) is 80.2 Å². The summed E-state index contributed by atoms with van der Waals surface area (Å²) in [5.41, 5.74) is 2.47. The molecule has 2 rings (SSSR count). The third-order valence-corrected chi connectivity index (χ3v) is 3.87. The standard InChI is InChI=1S/C16H20ClN5O2S/c1-11-3-4-12(7-14(11)17)20-16(25)21-13-8-19-22(9-13)10-15(23)18-5-6-24-2/h3-4,7-9H,5-6,10H2,1-2H3,(H,18,23)(H2,20,21,25). The number of aryl methyl sites for hydroxylation is 1. The number of rotatable bonds is 7. The fraction of sp³-hybridized carbons (Fsp3) is 0.312. The van der Waals surface area contributed by atoms with Crippen molar-refractivity contribution in [1.82, 2.24) is 15.1 Å². The molecule has 0 aliphatic heterocycles. The van der Waals surface area contributed by atoms with Crippen molar-refractivity contribution in [1.29, 1.82) is 0 Å². The van der Waals surface area contributed by atoms with Crippen molar-refractivity contribution >= 4 is 46.2 Å². The van der Waals surface area contributed by atoms with Crippen molar-refractivity contribution in [2.24, 2.45) is 0 Å². The summed E-state index contributed by atoms with van der Waals surface area (Å²) in [6.07, 6.45) is 3.30. The van der Waals surface area contributed by atoms with Gasteiger partial charge in [-0.05, 0) is 36.8 Å². The monoisotopic (exact) mass is 381 g/mol. The van der Waals surface area contributed by atoms with Gasteiger partial charge in [0.15, 0.2) is 5.11 Å². The lowest BCUT2D eigenvalue weighted by Crippen LogP contribution is -2.30. The molecule has 0 bridgehead atoms. The van der Waals surface area contributed by atoms with Gasteiger partial charge < -0.3 is 20.7 Å². The molecule has 0 radical (unpaired) electrons. The molecule has 0 aliphatic rings. The number of nitrogens with one attached hydrogen (secondary N) is 3. The molecule has 2 aromatic rings. The van der Waals surface area contributed by atoms with Crippen molar-refractivity contribution in [3.8, 4) is 0 Å². The number of nitrogens with zero attached hydrogens (tertiary/aromatic N) is 2. The van der Waals surface area contributed by atoms with E-state index >= 15 is 0 Å². The van der Waals surface area contributed by atoms with Gasteiger partial charge in [-0.3, -0.25) is 9.48 Å². The molecule has 0 unspecified atom stereocenters. The number of carbonyl (C=O) groups excluding carboxylic acids is 1. The second kappa shape index (κ2) is 9.36. The van der Waals surface area contributed by atoms with Gasteiger partial charge in [-0.1, -0.05) is 17.7 Å². The van der Waals surface area contributed by atoms with E-state index in [2.05, 4.69) is 21.0 Å². The van der Waals surface area contributed by atoms with Crippen LogP contribution in [0.1, 0.15) is 5.56 Å². The second-order valence-electron chi connectivity index (χ2n) is 5.31. The number of benzene rings is 1. The van der Waals surface area contributed by atoms with Crippen LogP contribution in [0.3, 0.4) is 0 Å². The van der Waals surface area contributed by atoms with Crippen molar-refractivity contribution in [3.63, 3.8) is 0 Å². The summed E-state index contributed by atoms with van der Waals surface area (Å²) in [6.45, 7) is 3.00. The van der Waals surface area contributed by atoms with Crippen LogP contribution in [0.4, 0.5) is 11.4 Å². The average Bonchev–Trinajstić information content (AvgIpc) is 2.98. The Morgan fingerprint density at radius 3 is 2.84 bits per heavy atom. The van der Waals surface area contributed by atoms with Gasteiger partial charge in [-0.25, -0.2) is 0 Å². The lowest BCUT2D eigenvalue weighted by Gasteiger charge is -2.10. The Hall–Kier alpha value is -2.16. The van der Waals surface area contributed by atoms with E-state index in [0.717, 1.165) is 11.3 Å². The third-order valence-electron chi connectivity index (χ3n) is 3.25. The number of carbonyl (C=O) groups is 1. The normalized spacial score (nSPS) is 10.4. The summed E-state index contributed by atoms with van der Waals surface area (Å²) in [7, 11) is 1.58. The van der Waals surface area contributed by atoms with Crippen LogP contribution in [0.25, 0.3) is 0 Å². The summed E-state index contributed by atoms with van der Waals surface area (Å²) in [5, 5.41) is 14.0. The number of halogens is 1. The Balaban J connectivity index is 1.84. The average molecular weight is 382 g/mol. The van der Waals surface area contributed by atoms with Crippen LogP contribution in [0.5, 0.6) is 0 Å². The van der Waals surface area contributed by atoms with Gasteiger partial charge in [0.2, 0.25) is 5.91 Å². The van der Waals surface area contributed by atoms with E-state index < -0.39 is 0 Å². The molecule has 1 amide bonds. The number of methoxy groups -OCH3 is 1. The van der Waals surface area contributed by atoms with Crippen LogP contribution in [0, 0.1) is 6.92 Å². The van der Waals surface area contributed by atoms with Gasteiger partial charge in [0.1, 0.15) is 6.54 Å². The smallest absolute Gasteiger partial charge is 0.241 e. The molecule has 0 saturated heterocycles. The maximum atomic E-state index is 11.7. The molecule has 3 N–H and O–H groups in total. The maximum Gasteiger partial charge on any atom is 0.241 e. The van der Waals surface area contributed by atoms with E-state index in [1.165, 1.54) is 4.68 Å². The first-order chi connectivity index (χ1) is 12.0. The Kier molecular flexibility index (Phi) is 7.17. The van der Waals surface area contributed by atoms with E-state index in [9.17, 15) is 4.79 Å². The van der Waals surface area contributed by atoms with Crippen LogP contribution in [0.15, 0.2) is 30.6 Å². The molecule has 7 nitrogen and oxygen atoms in total. The molecular formula is C16H20ClN5O2S. The highest BCUT2D eigenvalue weighted by molar-refractivity contribution is 7.80. The summed E-state index contributed by atoms with van der Waals surface area (Å²) >= 11 is 11.4. The van der Waals surface area contributed by atoms with Crippen molar-refractivity contribution < 1.29 is 9.53 Å². The van der Waals surface area contributed by atoms with Gasteiger partial charge in [0, 0.05) is 30.6 Å². The number of amides is 1. The van der Waals surface area contributed by atoms with E-state index in [1.54, 1.807) is 25.6 Å². The lowest BCUT2D eigenvalue weighted by molar-refractivity contribution is -0.122. The minimum absolute atomic E-state index is 0.124. The molecule has 0 fully saturated rings. The quantitative estimate of drug-likeness (QED) is 0.505. The second-order valence-corrected chi connectivity index (χ2v) is 6.13. The molecule has 134 valence electrons. The highest BCUT2D eigenvalue weighted by Gasteiger charge is 2.06. The number of anilines is 2. The Bertz CT molecular complexity index is 750. The van der Waals surface area contributed by atoms with Gasteiger partial charge in [-0.2, -0.15) is 5.10 Å². The zero-order valence-electron chi connectivity index (χ0n) is 14.0. The van der Waals surface area contributed by atoms with Crippen molar-refractivity contribution in [3.05, 3.63) is 41.2 Å². The Labute approximate surface area is 156 Å². The largest absolute Gasteiger partial charge is 0.383 e. The minimum Gasteiger partial charge on any atom is -0.383 e. The molecule has 0 saturated carbocycles. The summed E-state index contributed by atoms with van der Waals surface area (Å²) in [5.74, 6) is -0.137. The highest BCUT2D eigenvalue weighted by Crippen LogP contribution is 2.20. The third kappa shape index (κ3) is 6.33. The highest BCUT2D eigenvalue weighted by atomic mass is 35.5. The molecule has 1 heterocycles. The molecule has 0 spiro atoms. The fourth-order valence-corrected chi connectivity index (χ4v) is 2.39.